The molecule has 0 amide bonds. The molecule has 3 N–H and O–H groups in total. The van der Waals surface area contributed by atoms with Crippen LogP contribution < -0.4 is 10.5 Å². The lowest BCUT2D eigenvalue weighted by molar-refractivity contribution is 0.343. The van der Waals surface area contributed by atoms with Crippen LogP contribution in [0.5, 0.6) is 0 Å². The standard InChI is InChI=1S/C19H23FN6O2S2/c1-3-11-8-12-4-5-14(20)13(12)9-15(11)29-19-25-16-17(21)22-10-23-18(16)26(19)7-6-24-30(2,27)28/h8-10,14,24H,3-7H2,1-2H3,(H2,21,22,23). The molecule has 1 unspecified atom stereocenters. The Morgan fingerprint density at radius 3 is 2.90 bits per heavy atom. The second kappa shape index (κ2) is 8.12. The Kier molecular flexibility index (Phi) is 5.69. The number of fused-ring (bicyclic) bond motifs is 2. The van der Waals surface area contributed by atoms with E-state index < -0.39 is 16.2 Å². The van der Waals surface area contributed by atoms with Gasteiger partial charge >= 0.3 is 0 Å². The van der Waals surface area contributed by atoms with Crippen LogP contribution >= 0.6 is 11.8 Å². The first kappa shape index (κ1) is 21.0. The van der Waals surface area contributed by atoms with Crippen LogP contribution in [0.15, 0.2) is 28.5 Å². The van der Waals surface area contributed by atoms with Crippen LogP contribution in [0.25, 0.3) is 11.2 Å². The molecule has 0 saturated carbocycles. The lowest BCUT2D eigenvalue weighted by Gasteiger charge is -2.13. The summed E-state index contributed by atoms with van der Waals surface area (Å²) in [6.45, 7) is 2.57. The van der Waals surface area contributed by atoms with Crippen LogP contribution in [0.1, 0.15) is 36.2 Å². The zero-order chi connectivity index (χ0) is 21.5. The number of nitrogens with zero attached hydrogens (tertiary/aromatic N) is 4. The summed E-state index contributed by atoms with van der Waals surface area (Å²) in [4.78, 5) is 13.8. The first-order valence-electron chi connectivity index (χ1n) is 9.65. The van der Waals surface area contributed by atoms with Crippen molar-refractivity contribution in [1.82, 2.24) is 24.2 Å². The smallest absolute Gasteiger partial charge is 0.208 e. The van der Waals surface area contributed by atoms with Gasteiger partial charge in [0, 0.05) is 18.0 Å². The topological polar surface area (TPSA) is 116 Å². The lowest BCUT2D eigenvalue weighted by Crippen LogP contribution is -2.26. The number of aryl methyl sites for hydroxylation is 2. The summed E-state index contributed by atoms with van der Waals surface area (Å²) in [5.74, 6) is 0.255. The van der Waals surface area contributed by atoms with Crippen molar-refractivity contribution in [3.8, 4) is 0 Å². The summed E-state index contributed by atoms with van der Waals surface area (Å²) in [6.07, 6.45) is 3.62. The van der Waals surface area contributed by atoms with Gasteiger partial charge in [-0.15, -0.1) is 0 Å². The van der Waals surface area contributed by atoms with Gasteiger partial charge in [-0.2, -0.15) is 0 Å². The van der Waals surface area contributed by atoms with Crippen molar-refractivity contribution in [3.63, 3.8) is 0 Å². The summed E-state index contributed by atoms with van der Waals surface area (Å²) >= 11 is 1.41. The number of benzene rings is 1. The Morgan fingerprint density at radius 1 is 1.37 bits per heavy atom. The normalized spacial score (nSPS) is 16.3. The fourth-order valence-electron chi connectivity index (χ4n) is 3.66. The molecule has 1 aliphatic rings. The van der Waals surface area contributed by atoms with Crippen LogP contribution in [0, 0.1) is 0 Å². The molecule has 0 saturated heterocycles. The van der Waals surface area contributed by atoms with Crippen molar-refractivity contribution >= 4 is 38.8 Å². The Hall–Kier alpha value is -2.24. The van der Waals surface area contributed by atoms with Gasteiger partial charge in [0.25, 0.3) is 0 Å². The molecular formula is C19H23FN6O2S2. The molecule has 0 spiro atoms. The zero-order valence-electron chi connectivity index (χ0n) is 16.7. The molecule has 0 bridgehead atoms. The highest BCUT2D eigenvalue weighted by Crippen LogP contribution is 2.40. The van der Waals surface area contributed by atoms with Gasteiger partial charge in [0.1, 0.15) is 12.5 Å². The number of sulfonamides is 1. The SMILES string of the molecule is CCc1cc2c(cc1Sc1nc3c(N)ncnc3n1CCNS(C)(=O)=O)C(F)CC2. The minimum atomic E-state index is -3.32. The number of aromatic nitrogens is 4. The average Bonchev–Trinajstić information content (AvgIpc) is 3.22. The summed E-state index contributed by atoms with van der Waals surface area (Å²) in [5.41, 5.74) is 9.92. The highest BCUT2D eigenvalue weighted by Gasteiger charge is 2.25. The summed E-state index contributed by atoms with van der Waals surface area (Å²) < 4.78 is 41.5. The summed E-state index contributed by atoms with van der Waals surface area (Å²) in [5, 5.41) is 0.607. The van der Waals surface area contributed by atoms with E-state index in [1.807, 2.05) is 10.6 Å². The predicted octanol–water partition coefficient (Wildman–Crippen LogP) is 2.63. The van der Waals surface area contributed by atoms with E-state index >= 15 is 0 Å². The monoisotopic (exact) mass is 450 g/mol. The van der Waals surface area contributed by atoms with E-state index in [1.54, 1.807) is 0 Å². The minimum Gasteiger partial charge on any atom is -0.382 e. The van der Waals surface area contributed by atoms with Crippen LogP contribution in [-0.4, -0.2) is 40.7 Å². The molecular weight excluding hydrogens is 427 g/mol. The maximum Gasteiger partial charge on any atom is 0.208 e. The highest BCUT2D eigenvalue weighted by atomic mass is 32.2. The van der Waals surface area contributed by atoms with E-state index in [2.05, 4.69) is 32.7 Å². The van der Waals surface area contributed by atoms with Gasteiger partial charge < -0.3 is 10.3 Å². The number of hydrogen-bond donors (Lipinski definition) is 2. The van der Waals surface area contributed by atoms with Crippen molar-refractivity contribution in [2.24, 2.45) is 0 Å². The Labute approximate surface area is 178 Å². The van der Waals surface area contributed by atoms with Crippen molar-refractivity contribution in [2.45, 2.75) is 49.0 Å². The predicted molar refractivity (Wildman–Crippen MR) is 115 cm³/mol. The Morgan fingerprint density at radius 2 is 2.17 bits per heavy atom. The first-order chi connectivity index (χ1) is 14.3. The van der Waals surface area contributed by atoms with Gasteiger partial charge in [-0.3, -0.25) is 0 Å². The fraction of sp³-hybridized carbons (Fsp3) is 0.421. The summed E-state index contributed by atoms with van der Waals surface area (Å²) in [7, 11) is -3.32. The third-order valence-corrected chi connectivity index (χ3v) is 6.96. The van der Waals surface area contributed by atoms with E-state index in [9.17, 15) is 12.8 Å². The number of halogens is 1. The maximum atomic E-state index is 14.3. The highest BCUT2D eigenvalue weighted by molar-refractivity contribution is 7.99. The Bertz CT molecular complexity index is 1210. The molecule has 0 aliphatic heterocycles. The molecule has 1 aliphatic carbocycles. The van der Waals surface area contributed by atoms with Crippen molar-refractivity contribution < 1.29 is 12.8 Å². The number of imidazole rings is 1. The number of nitrogen functional groups attached to an aromatic ring is 1. The van der Waals surface area contributed by atoms with Gasteiger partial charge in [0.15, 0.2) is 22.1 Å². The molecule has 160 valence electrons. The first-order valence-corrected chi connectivity index (χ1v) is 12.4. The molecule has 11 heteroatoms. The zero-order valence-corrected chi connectivity index (χ0v) is 18.4. The van der Waals surface area contributed by atoms with Gasteiger partial charge in [0.05, 0.1) is 6.26 Å². The molecule has 3 aromatic rings. The number of nitrogens with one attached hydrogen (secondary N) is 1. The number of rotatable bonds is 7. The van der Waals surface area contributed by atoms with Gasteiger partial charge in [0.2, 0.25) is 10.0 Å². The largest absolute Gasteiger partial charge is 0.382 e. The van der Waals surface area contributed by atoms with E-state index in [1.165, 1.54) is 18.1 Å². The van der Waals surface area contributed by atoms with Gasteiger partial charge in [-0.25, -0.2) is 32.5 Å². The second-order valence-corrected chi connectivity index (χ2v) is 10.1. The maximum absolute atomic E-state index is 14.3. The van der Waals surface area contributed by atoms with Crippen molar-refractivity contribution in [1.29, 1.82) is 0 Å². The Balaban J connectivity index is 1.74. The minimum absolute atomic E-state index is 0.180. The van der Waals surface area contributed by atoms with Gasteiger partial charge in [-0.1, -0.05) is 24.8 Å². The van der Waals surface area contributed by atoms with Crippen LogP contribution in [0.3, 0.4) is 0 Å². The van der Waals surface area contributed by atoms with E-state index in [0.29, 0.717) is 29.3 Å². The molecule has 0 fully saturated rings. The average molecular weight is 451 g/mol. The third-order valence-electron chi connectivity index (χ3n) is 5.13. The molecule has 1 atom stereocenters. The summed E-state index contributed by atoms with van der Waals surface area (Å²) in [6, 6.07) is 4.01. The second-order valence-electron chi connectivity index (χ2n) is 7.26. The van der Waals surface area contributed by atoms with Crippen LogP contribution in [0.4, 0.5) is 10.2 Å². The molecule has 30 heavy (non-hydrogen) atoms. The lowest BCUT2D eigenvalue weighted by atomic mass is 10.0. The molecule has 4 rings (SSSR count). The van der Waals surface area contributed by atoms with Crippen LogP contribution in [-0.2, 0) is 29.4 Å². The fourth-order valence-corrected chi connectivity index (χ4v) is 5.27. The molecule has 0 radical (unpaired) electrons. The number of anilines is 1. The van der Waals surface area contributed by atoms with E-state index in [0.717, 1.165) is 40.7 Å². The molecule has 2 heterocycles. The van der Waals surface area contributed by atoms with E-state index in [4.69, 9.17) is 5.73 Å². The number of nitrogens with two attached hydrogens (primary N) is 1. The molecule has 8 nitrogen and oxygen atoms in total. The van der Waals surface area contributed by atoms with Gasteiger partial charge in [-0.05, 0) is 42.0 Å². The molecule has 1 aromatic carbocycles. The third kappa shape index (κ3) is 4.14. The van der Waals surface area contributed by atoms with Crippen molar-refractivity contribution in [2.75, 3.05) is 18.5 Å². The number of alkyl halides is 1. The van der Waals surface area contributed by atoms with E-state index in [-0.39, 0.29) is 12.4 Å². The number of hydrogen-bond acceptors (Lipinski definition) is 7. The quantitative estimate of drug-likeness (QED) is 0.568. The molecule has 2 aromatic heterocycles. The van der Waals surface area contributed by atoms with Crippen LogP contribution in [0.2, 0.25) is 0 Å². The van der Waals surface area contributed by atoms with Crippen molar-refractivity contribution in [3.05, 3.63) is 35.2 Å².